The summed E-state index contributed by atoms with van der Waals surface area (Å²) < 4.78 is 13.2. The van der Waals surface area contributed by atoms with E-state index in [9.17, 15) is 0 Å². The monoisotopic (exact) mass is 767 g/mol. The second-order valence-electron chi connectivity index (χ2n) is 15.1. The molecule has 0 saturated carbocycles. The van der Waals surface area contributed by atoms with Crippen molar-refractivity contribution in [1.29, 1.82) is 0 Å². The summed E-state index contributed by atoms with van der Waals surface area (Å²) in [5.74, 6) is 1.66. The maximum Gasteiger partial charge on any atom is 0.167 e. The van der Waals surface area contributed by atoms with Crippen molar-refractivity contribution in [3.8, 4) is 67.5 Å². The van der Waals surface area contributed by atoms with Gasteiger partial charge in [0.05, 0.1) is 5.56 Å². The summed E-state index contributed by atoms with van der Waals surface area (Å²) >= 11 is 0. The second-order valence-corrected chi connectivity index (χ2v) is 15.1. The molecule has 12 rings (SSSR count). The van der Waals surface area contributed by atoms with Crippen molar-refractivity contribution in [2.45, 2.75) is 0 Å². The topological polar surface area (TPSA) is 65.0 Å². The molecule has 0 amide bonds. The second kappa shape index (κ2) is 13.8. The molecule has 5 heteroatoms. The van der Waals surface area contributed by atoms with Crippen LogP contribution in [0.25, 0.3) is 122 Å². The zero-order valence-corrected chi connectivity index (χ0v) is 32.2. The Bertz CT molecular complexity index is 3590. The van der Waals surface area contributed by atoms with Crippen molar-refractivity contribution in [1.82, 2.24) is 15.0 Å². The highest BCUT2D eigenvalue weighted by Gasteiger charge is 2.23. The first kappa shape index (κ1) is 33.9. The molecule has 0 aliphatic heterocycles. The van der Waals surface area contributed by atoms with Gasteiger partial charge in [-0.1, -0.05) is 158 Å². The maximum absolute atomic E-state index is 6.73. The van der Waals surface area contributed by atoms with Crippen LogP contribution in [0.3, 0.4) is 0 Å². The number of fused-ring (bicyclic) bond motifs is 8. The van der Waals surface area contributed by atoms with E-state index in [1.807, 2.05) is 60.7 Å². The van der Waals surface area contributed by atoms with Crippen LogP contribution in [0.4, 0.5) is 0 Å². The Morgan fingerprint density at radius 2 is 0.917 bits per heavy atom. The molecule has 0 radical (unpaired) electrons. The summed E-state index contributed by atoms with van der Waals surface area (Å²) in [5.41, 5.74) is 12.1. The maximum atomic E-state index is 6.73. The molecule has 0 N–H and O–H groups in total. The Labute approximate surface area is 344 Å². The summed E-state index contributed by atoms with van der Waals surface area (Å²) in [7, 11) is 0. The largest absolute Gasteiger partial charge is 0.456 e. The summed E-state index contributed by atoms with van der Waals surface area (Å²) in [5, 5.41) is 6.58. The van der Waals surface area contributed by atoms with Crippen LogP contribution in [-0.4, -0.2) is 15.0 Å². The molecule has 0 bridgehead atoms. The van der Waals surface area contributed by atoms with Crippen LogP contribution in [0.2, 0.25) is 0 Å². The first-order chi connectivity index (χ1) is 29.7. The van der Waals surface area contributed by atoms with Crippen LogP contribution in [0.15, 0.2) is 209 Å². The van der Waals surface area contributed by atoms with Gasteiger partial charge >= 0.3 is 0 Å². The van der Waals surface area contributed by atoms with Crippen molar-refractivity contribution >= 4 is 54.6 Å². The molecule has 280 valence electrons. The number of hydrogen-bond acceptors (Lipinski definition) is 5. The van der Waals surface area contributed by atoms with Gasteiger partial charge in [0.15, 0.2) is 17.5 Å². The fourth-order valence-corrected chi connectivity index (χ4v) is 8.73. The van der Waals surface area contributed by atoms with Crippen LogP contribution in [0, 0.1) is 0 Å². The Hall–Kier alpha value is -8.15. The van der Waals surface area contributed by atoms with Gasteiger partial charge in [-0.3, -0.25) is 0 Å². The fourth-order valence-electron chi connectivity index (χ4n) is 8.73. The van der Waals surface area contributed by atoms with E-state index in [1.54, 1.807) is 0 Å². The SMILES string of the molecule is c1ccc(-c2cc(-c3ccc4c(c3)oc3ccccc34)c(-c3ccccc3)c(-c3nc(-c4ccccc4)nc(-c4cccc5c4oc4ccc6ccccc6c45)n3)c2)cc1. The number of benzene rings is 9. The van der Waals surface area contributed by atoms with Crippen molar-refractivity contribution in [2.75, 3.05) is 0 Å². The van der Waals surface area contributed by atoms with Crippen molar-refractivity contribution in [3.05, 3.63) is 200 Å². The highest BCUT2D eigenvalue weighted by Crippen LogP contribution is 2.45. The van der Waals surface area contributed by atoms with Gasteiger partial charge in [-0.05, 0) is 81.1 Å². The first-order valence-electron chi connectivity index (χ1n) is 20.1. The average molecular weight is 768 g/mol. The number of para-hydroxylation sites is 2. The zero-order chi connectivity index (χ0) is 39.6. The number of furan rings is 2. The summed E-state index contributed by atoms with van der Waals surface area (Å²) in [4.78, 5) is 15.9. The third kappa shape index (κ3) is 5.59. The van der Waals surface area contributed by atoms with Crippen LogP contribution >= 0.6 is 0 Å². The van der Waals surface area contributed by atoms with Gasteiger partial charge < -0.3 is 8.83 Å². The van der Waals surface area contributed by atoms with Gasteiger partial charge in [0.25, 0.3) is 0 Å². The van der Waals surface area contributed by atoms with Crippen molar-refractivity contribution in [2.24, 2.45) is 0 Å². The molecule has 3 heterocycles. The highest BCUT2D eigenvalue weighted by atomic mass is 16.3. The van der Waals surface area contributed by atoms with E-state index in [0.717, 1.165) is 105 Å². The van der Waals surface area contributed by atoms with E-state index in [4.69, 9.17) is 23.8 Å². The van der Waals surface area contributed by atoms with Gasteiger partial charge in [0.1, 0.15) is 22.3 Å². The number of nitrogens with zero attached hydrogens (tertiary/aromatic N) is 3. The highest BCUT2D eigenvalue weighted by molar-refractivity contribution is 6.20. The molecule has 0 fully saturated rings. The van der Waals surface area contributed by atoms with Crippen LogP contribution in [-0.2, 0) is 0 Å². The minimum absolute atomic E-state index is 0.530. The Morgan fingerprint density at radius 3 is 1.72 bits per heavy atom. The van der Waals surface area contributed by atoms with Crippen LogP contribution < -0.4 is 0 Å². The quantitative estimate of drug-likeness (QED) is 0.169. The molecule has 0 saturated heterocycles. The number of rotatable bonds is 6. The van der Waals surface area contributed by atoms with Crippen molar-refractivity contribution in [3.63, 3.8) is 0 Å². The predicted octanol–water partition coefficient (Wildman–Crippen LogP) is 14.8. The molecule has 12 aromatic rings. The fraction of sp³-hybridized carbons (Fsp3) is 0. The molecule has 3 aromatic heterocycles. The van der Waals surface area contributed by atoms with E-state index in [1.165, 1.54) is 0 Å². The first-order valence-corrected chi connectivity index (χ1v) is 20.1. The molecular formula is C55H33N3O2. The lowest BCUT2D eigenvalue weighted by molar-refractivity contribution is 0.669. The van der Waals surface area contributed by atoms with E-state index in [-0.39, 0.29) is 0 Å². The van der Waals surface area contributed by atoms with Gasteiger partial charge in [0, 0.05) is 38.2 Å². The minimum atomic E-state index is 0.530. The Morgan fingerprint density at radius 1 is 0.300 bits per heavy atom. The van der Waals surface area contributed by atoms with Gasteiger partial charge in [-0.25, -0.2) is 15.0 Å². The summed E-state index contributed by atoms with van der Waals surface area (Å²) in [6.07, 6.45) is 0. The zero-order valence-electron chi connectivity index (χ0n) is 32.2. The van der Waals surface area contributed by atoms with E-state index in [0.29, 0.717) is 17.5 Å². The number of hydrogen-bond donors (Lipinski definition) is 0. The van der Waals surface area contributed by atoms with E-state index < -0.39 is 0 Å². The predicted molar refractivity (Wildman–Crippen MR) is 245 cm³/mol. The third-order valence-electron chi connectivity index (χ3n) is 11.5. The van der Waals surface area contributed by atoms with Gasteiger partial charge in [-0.2, -0.15) is 0 Å². The molecule has 0 aliphatic rings. The average Bonchev–Trinajstić information content (AvgIpc) is 3.90. The molecule has 60 heavy (non-hydrogen) atoms. The molecule has 0 aliphatic carbocycles. The normalized spacial score (nSPS) is 11.7. The Kier molecular flexibility index (Phi) is 7.78. The van der Waals surface area contributed by atoms with Crippen LogP contribution in [0.5, 0.6) is 0 Å². The van der Waals surface area contributed by atoms with Gasteiger partial charge in [0.2, 0.25) is 0 Å². The smallest absolute Gasteiger partial charge is 0.167 e. The summed E-state index contributed by atoms with van der Waals surface area (Å²) in [6.45, 7) is 0. The lowest BCUT2D eigenvalue weighted by atomic mass is 9.86. The molecule has 9 aromatic carbocycles. The van der Waals surface area contributed by atoms with Crippen molar-refractivity contribution < 1.29 is 8.83 Å². The van der Waals surface area contributed by atoms with Gasteiger partial charge in [-0.15, -0.1) is 0 Å². The third-order valence-corrected chi connectivity index (χ3v) is 11.5. The van der Waals surface area contributed by atoms with E-state index >= 15 is 0 Å². The lowest BCUT2D eigenvalue weighted by Gasteiger charge is -2.19. The number of aromatic nitrogens is 3. The minimum Gasteiger partial charge on any atom is -0.456 e. The molecule has 5 nitrogen and oxygen atoms in total. The van der Waals surface area contributed by atoms with Crippen LogP contribution in [0.1, 0.15) is 0 Å². The molecule has 0 unspecified atom stereocenters. The molecule has 0 spiro atoms. The van der Waals surface area contributed by atoms with E-state index in [2.05, 4.69) is 140 Å². The standard InChI is InChI=1S/C55H33N3O2/c1-4-15-34(16-5-1)39-31-45(38-27-29-42-41-23-12-13-26-47(41)59-49(42)33-38)50(36-18-6-2-7-19-36)46(32-39)55-57-53(37-20-8-3-9-21-37)56-54(58-55)44-25-14-24-43-51-40-22-11-10-17-35(40)28-30-48(51)60-52(43)44/h1-33H. The lowest BCUT2D eigenvalue weighted by Crippen LogP contribution is -2.02. The Balaban J connectivity index is 1.16. The molecular weight excluding hydrogens is 735 g/mol. The molecule has 0 atom stereocenters. The summed E-state index contributed by atoms with van der Waals surface area (Å²) in [6, 6.07) is 69.2.